The fourth-order valence-corrected chi connectivity index (χ4v) is 1.90. The lowest BCUT2D eigenvalue weighted by molar-refractivity contribution is 0.628. The summed E-state index contributed by atoms with van der Waals surface area (Å²) in [6.07, 6.45) is 7.65. The number of hydrogen-bond acceptors (Lipinski definition) is 4. The van der Waals surface area contributed by atoms with Crippen molar-refractivity contribution >= 4 is 11.6 Å². The maximum atomic E-state index is 6.06. The number of nitrogens with zero attached hydrogens (tertiary/aromatic N) is 4. The lowest BCUT2D eigenvalue weighted by Crippen LogP contribution is -2.16. The highest BCUT2D eigenvalue weighted by atomic mass is 35.5. The normalized spacial score (nSPS) is 14.9. The van der Waals surface area contributed by atoms with Gasteiger partial charge >= 0.3 is 0 Å². The van der Waals surface area contributed by atoms with E-state index in [0.29, 0.717) is 17.6 Å². The summed E-state index contributed by atoms with van der Waals surface area (Å²) in [6.45, 7) is 1.36. The highest BCUT2D eigenvalue weighted by Gasteiger charge is 2.20. The van der Waals surface area contributed by atoms with Crippen LogP contribution in [0.15, 0.2) is 24.8 Å². The summed E-state index contributed by atoms with van der Waals surface area (Å²) in [7, 11) is 0. The molecule has 0 amide bonds. The van der Waals surface area contributed by atoms with Crippen molar-refractivity contribution in [3.8, 4) is 0 Å². The van der Waals surface area contributed by atoms with E-state index in [1.165, 1.54) is 12.8 Å². The fraction of sp³-hybridized carbons (Fsp3) is 0.417. The average Bonchev–Trinajstić information content (AvgIpc) is 3.10. The molecule has 0 aliphatic heterocycles. The Balaban J connectivity index is 1.63. The third-order valence-corrected chi connectivity index (χ3v) is 3.24. The monoisotopic (exact) mass is 263 g/mol. The average molecular weight is 264 g/mol. The molecule has 3 rings (SSSR count). The largest absolute Gasteiger partial charge is 0.307 e. The minimum absolute atomic E-state index is 0.623. The Morgan fingerprint density at radius 2 is 2.33 bits per heavy atom. The van der Waals surface area contributed by atoms with Crippen LogP contribution in [0.1, 0.15) is 24.2 Å². The van der Waals surface area contributed by atoms with Gasteiger partial charge in [0.1, 0.15) is 6.33 Å². The molecule has 0 spiro atoms. The van der Waals surface area contributed by atoms with E-state index in [2.05, 4.69) is 20.4 Å². The van der Waals surface area contributed by atoms with Crippen LogP contribution in [-0.2, 0) is 13.1 Å². The Morgan fingerprint density at radius 1 is 1.44 bits per heavy atom. The maximum Gasteiger partial charge on any atom is 0.164 e. The first-order valence-electron chi connectivity index (χ1n) is 6.01. The molecule has 1 aliphatic rings. The van der Waals surface area contributed by atoms with E-state index in [0.717, 1.165) is 17.9 Å². The van der Waals surface area contributed by atoms with Crippen molar-refractivity contribution < 1.29 is 0 Å². The summed E-state index contributed by atoms with van der Waals surface area (Å²) in [6, 6.07) is 2.57. The Hall–Kier alpha value is -1.46. The number of pyridine rings is 1. The SMILES string of the molecule is Clc1cnccc1Cn1cnc(CNC2CC2)n1. The second-order valence-electron chi connectivity index (χ2n) is 4.48. The van der Waals surface area contributed by atoms with Crippen molar-refractivity contribution in [2.75, 3.05) is 0 Å². The van der Waals surface area contributed by atoms with E-state index in [4.69, 9.17) is 11.6 Å². The quantitative estimate of drug-likeness (QED) is 0.891. The standard InChI is InChI=1S/C12H14ClN5/c13-11-5-14-4-3-9(11)7-18-8-16-12(17-18)6-15-10-1-2-10/h3-5,8,10,15H,1-2,6-7H2. The molecule has 18 heavy (non-hydrogen) atoms. The lowest BCUT2D eigenvalue weighted by atomic mass is 10.3. The van der Waals surface area contributed by atoms with E-state index in [-0.39, 0.29) is 0 Å². The van der Waals surface area contributed by atoms with Gasteiger partial charge in [0, 0.05) is 18.4 Å². The van der Waals surface area contributed by atoms with Gasteiger partial charge in [0.2, 0.25) is 0 Å². The molecule has 6 heteroatoms. The van der Waals surface area contributed by atoms with E-state index in [9.17, 15) is 0 Å². The summed E-state index contributed by atoms with van der Waals surface area (Å²) >= 11 is 6.06. The summed E-state index contributed by atoms with van der Waals surface area (Å²) < 4.78 is 1.80. The summed E-state index contributed by atoms with van der Waals surface area (Å²) in [5, 5.41) is 8.46. The minimum Gasteiger partial charge on any atom is -0.307 e. The van der Waals surface area contributed by atoms with Crippen LogP contribution in [0.5, 0.6) is 0 Å². The highest BCUT2D eigenvalue weighted by Crippen LogP contribution is 2.19. The molecule has 1 aliphatic carbocycles. The van der Waals surface area contributed by atoms with Gasteiger partial charge in [-0.2, -0.15) is 5.10 Å². The fourth-order valence-electron chi connectivity index (χ4n) is 1.72. The number of aromatic nitrogens is 4. The maximum absolute atomic E-state index is 6.06. The van der Waals surface area contributed by atoms with Gasteiger partial charge in [0.25, 0.3) is 0 Å². The van der Waals surface area contributed by atoms with Gasteiger partial charge in [0.15, 0.2) is 5.82 Å². The van der Waals surface area contributed by atoms with E-state index < -0.39 is 0 Å². The van der Waals surface area contributed by atoms with Crippen molar-refractivity contribution in [1.29, 1.82) is 0 Å². The van der Waals surface area contributed by atoms with Gasteiger partial charge < -0.3 is 5.32 Å². The first-order chi connectivity index (χ1) is 8.81. The second-order valence-corrected chi connectivity index (χ2v) is 4.89. The Bertz CT molecular complexity index is 535. The number of halogens is 1. The van der Waals surface area contributed by atoms with Crippen molar-refractivity contribution in [2.45, 2.75) is 32.0 Å². The topological polar surface area (TPSA) is 55.6 Å². The van der Waals surface area contributed by atoms with E-state index in [1.54, 1.807) is 23.4 Å². The van der Waals surface area contributed by atoms with Crippen LogP contribution in [0.3, 0.4) is 0 Å². The first-order valence-corrected chi connectivity index (χ1v) is 6.39. The zero-order chi connectivity index (χ0) is 12.4. The molecule has 0 bridgehead atoms. The smallest absolute Gasteiger partial charge is 0.164 e. The van der Waals surface area contributed by atoms with Crippen LogP contribution in [0, 0.1) is 0 Å². The van der Waals surface area contributed by atoms with Crippen molar-refractivity contribution in [1.82, 2.24) is 25.1 Å². The second kappa shape index (κ2) is 5.04. The third-order valence-electron chi connectivity index (χ3n) is 2.90. The van der Waals surface area contributed by atoms with Gasteiger partial charge in [-0.15, -0.1) is 0 Å². The number of rotatable bonds is 5. The van der Waals surface area contributed by atoms with Gasteiger partial charge in [-0.25, -0.2) is 9.67 Å². The molecular formula is C12H14ClN5. The molecule has 2 aromatic heterocycles. The predicted molar refractivity (Wildman–Crippen MR) is 68.2 cm³/mol. The lowest BCUT2D eigenvalue weighted by Gasteiger charge is -2.02. The summed E-state index contributed by atoms with van der Waals surface area (Å²) in [5.41, 5.74) is 0.998. The number of hydrogen-bond donors (Lipinski definition) is 1. The molecule has 0 saturated heterocycles. The van der Waals surface area contributed by atoms with Crippen LogP contribution in [0.2, 0.25) is 5.02 Å². The van der Waals surface area contributed by atoms with Gasteiger partial charge in [-0.05, 0) is 24.5 Å². The molecule has 5 nitrogen and oxygen atoms in total. The molecule has 94 valence electrons. The molecule has 1 fully saturated rings. The first kappa shape index (κ1) is 11.6. The van der Waals surface area contributed by atoms with E-state index in [1.807, 2.05) is 6.07 Å². The third kappa shape index (κ3) is 2.86. The van der Waals surface area contributed by atoms with E-state index >= 15 is 0 Å². The number of nitrogens with one attached hydrogen (secondary N) is 1. The zero-order valence-electron chi connectivity index (χ0n) is 9.88. The zero-order valence-corrected chi connectivity index (χ0v) is 10.6. The van der Waals surface area contributed by atoms with Crippen LogP contribution in [0.4, 0.5) is 0 Å². The Labute approximate surface area is 110 Å². The van der Waals surface area contributed by atoms with Gasteiger partial charge in [0.05, 0.1) is 18.1 Å². The van der Waals surface area contributed by atoms with Crippen LogP contribution < -0.4 is 5.32 Å². The van der Waals surface area contributed by atoms with Gasteiger partial charge in [-0.1, -0.05) is 11.6 Å². The Kier molecular flexibility index (Phi) is 3.25. The molecule has 1 N–H and O–H groups in total. The molecule has 0 atom stereocenters. The Morgan fingerprint density at radius 3 is 3.11 bits per heavy atom. The molecule has 0 aromatic carbocycles. The predicted octanol–water partition coefficient (Wildman–Crippen LogP) is 1.63. The van der Waals surface area contributed by atoms with Crippen LogP contribution in [0.25, 0.3) is 0 Å². The van der Waals surface area contributed by atoms with Crippen molar-refractivity contribution in [3.63, 3.8) is 0 Å². The molecule has 2 aromatic rings. The minimum atomic E-state index is 0.623. The van der Waals surface area contributed by atoms with Crippen LogP contribution in [-0.4, -0.2) is 25.8 Å². The van der Waals surface area contributed by atoms with Crippen molar-refractivity contribution in [2.24, 2.45) is 0 Å². The van der Waals surface area contributed by atoms with Gasteiger partial charge in [-0.3, -0.25) is 4.98 Å². The molecule has 2 heterocycles. The van der Waals surface area contributed by atoms with Crippen LogP contribution >= 0.6 is 11.6 Å². The molecule has 1 saturated carbocycles. The highest BCUT2D eigenvalue weighted by molar-refractivity contribution is 6.31. The molecular weight excluding hydrogens is 250 g/mol. The molecule has 0 unspecified atom stereocenters. The molecule has 0 radical (unpaired) electrons. The summed E-state index contributed by atoms with van der Waals surface area (Å²) in [4.78, 5) is 8.23. The summed E-state index contributed by atoms with van der Waals surface area (Å²) in [5.74, 6) is 0.826. The van der Waals surface area contributed by atoms with Crippen molar-refractivity contribution in [3.05, 3.63) is 41.2 Å².